The molecule has 1 amide bonds. The van der Waals surface area contributed by atoms with Gasteiger partial charge < -0.3 is 19.9 Å². The first-order valence-electron chi connectivity index (χ1n) is 7.92. The Morgan fingerprint density at radius 2 is 2.13 bits per heavy atom. The van der Waals surface area contributed by atoms with Crippen molar-refractivity contribution in [1.82, 2.24) is 5.32 Å². The molecule has 0 atom stereocenters. The van der Waals surface area contributed by atoms with Crippen molar-refractivity contribution in [2.75, 3.05) is 19.8 Å². The summed E-state index contributed by atoms with van der Waals surface area (Å²) in [6.07, 6.45) is 3.47. The van der Waals surface area contributed by atoms with Gasteiger partial charge in [-0.1, -0.05) is 18.2 Å². The van der Waals surface area contributed by atoms with E-state index in [9.17, 15) is 4.79 Å². The van der Waals surface area contributed by atoms with E-state index in [1.54, 1.807) is 0 Å². The van der Waals surface area contributed by atoms with E-state index in [2.05, 4.69) is 11.4 Å². The Morgan fingerprint density at radius 1 is 1.35 bits per heavy atom. The Labute approximate surface area is 137 Å². The molecule has 1 aromatic carbocycles. The molecule has 0 radical (unpaired) electrons. The number of rotatable bonds is 5. The minimum Gasteiger partial charge on any atom is -0.491 e. The van der Waals surface area contributed by atoms with Gasteiger partial charge in [-0.3, -0.25) is 0 Å². The largest absolute Gasteiger partial charge is 0.491 e. The molecule has 0 heterocycles. The average molecular weight is 319 g/mol. The number of hydrogen-bond acceptors (Lipinski definition) is 4. The molecule has 0 spiro atoms. The topological polar surface area (TPSA) is 67.8 Å². The molecule has 23 heavy (non-hydrogen) atoms. The summed E-state index contributed by atoms with van der Waals surface area (Å²) in [6, 6.07) is 5.96. The minimum atomic E-state index is -0.498. The van der Waals surface area contributed by atoms with E-state index in [1.807, 2.05) is 39.0 Å². The van der Waals surface area contributed by atoms with Crippen molar-refractivity contribution < 1.29 is 19.4 Å². The number of fused-ring (bicyclic) bond motifs is 1. The monoisotopic (exact) mass is 319 g/mol. The summed E-state index contributed by atoms with van der Waals surface area (Å²) in [5.74, 6) is 0.789. The van der Waals surface area contributed by atoms with E-state index in [0.29, 0.717) is 6.54 Å². The fraction of sp³-hybridized carbons (Fsp3) is 0.500. The average Bonchev–Trinajstić information content (AvgIpc) is 2.87. The highest BCUT2D eigenvalue weighted by Crippen LogP contribution is 2.38. The number of aliphatic hydroxyl groups is 1. The molecule has 0 unspecified atom stereocenters. The van der Waals surface area contributed by atoms with Crippen molar-refractivity contribution in [3.63, 3.8) is 0 Å². The maximum absolute atomic E-state index is 11.7. The lowest BCUT2D eigenvalue weighted by Crippen LogP contribution is -2.32. The minimum absolute atomic E-state index is 0.0110. The first-order valence-corrected chi connectivity index (χ1v) is 7.92. The van der Waals surface area contributed by atoms with Crippen LogP contribution >= 0.6 is 0 Å². The molecule has 1 aliphatic rings. The normalized spacial score (nSPS) is 15.4. The zero-order valence-electron chi connectivity index (χ0n) is 14.0. The van der Waals surface area contributed by atoms with Gasteiger partial charge in [-0.2, -0.15) is 0 Å². The van der Waals surface area contributed by atoms with Crippen LogP contribution in [-0.2, 0) is 11.2 Å². The van der Waals surface area contributed by atoms with E-state index < -0.39 is 11.7 Å². The maximum atomic E-state index is 11.7. The molecule has 1 aromatic rings. The van der Waals surface area contributed by atoms with Crippen molar-refractivity contribution in [3.8, 4) is 5.75 Å². The van der Waals surface area contributed by atoms with Gasteiger partial charge in [0, 0.05) is 12.1 Å². The van der Waals surface area contributed by atoms with Crippen molar-refractivity contribution in [2.24, 2.45) is 0 Å². The van der Waals surface area contributed by atoms with Gasteiger partial charge in [0.2, 0.25) is 0 Å². The molecule has 2 N–H and O–H groups in total. The Hall–Kier alpha value is -2.01. The lowest BCUT2D eigenvalue weighted by Gasteiger charge is -2.19. The Bertz CT molecular complexity index is 587. The molecule has 5 heteroatoms. The van der Waals surface area contributed by atoms with Crippen molar-refractivity contribution in [3.05, 3.63) is 35.4 Å². The lowest BCUT2D eigenvalue weighted by atomic mass is 10.1. The first-order chi connectivity index (χ1) is 10.9. The second-order valence-electron chi connectivity index (χ2n) is 6.47. The van der Waals surface area contributed by atoms with Crippen LogP contribution in [0.3, 0.4) is 0 Å². The second kappa shape index (κ2) is 7.51. The van der Waals surface area contributed by atoms with E-state index >= 15 is 0 Å². The number of amides is 1. The number of carbonyl (C=O) groups excluding carboxylic acids is 1. The summed E-state index contributed by atoms with van der Waals surface area (Å²) in [4.78, 5) is 11.7. The van der Waals surface area contributed by atoms with E-state index in [0.717, 1.165) is 29.7 Å². The summed E-state index contributed by atoms with van der Waals surface area (Å²) in [7, 11) is 0. The number of allylic oxidation sites excluding steroid dienone is 1. The summed E-state index contributed by atoms with van der Waals surface area (Å²) < 4.78 is 10.8. The van der Waals surface area contributed by atoms with Gasteiger partial charge in [0.15, 0.2) is 0 Å². The number of ether oxygens (including phenoxy) is 2. The van der Waals surface area contributed by atoms with E-state index in [4.69, 9.17) is 14.6 Å². The highest BCUT2D eigenvalue weighted by atomic mass is 16.6. The number of hydrogen-bond donors (Lipinski definition) is 2. The van der Waals surface area contributed by atoms with Gasteiger partial charge >= 0.3 is 6.09 Å². The van der Waals surface area contributed by atoms with Gasteiger partial charge in [-0.05, 0) is 50.8 Å². The van der Waals surface area contributed by atoms with Crippen LogP contribution < -0.4 is 10.1 Å². The Morgan fingerprint density at radius 3 is 2.83 bits per heavy atom. The molecular weight excluding hydrogens is 294 g/mol. The van der Waals surface area contributed by atoms with Gasteiger partial charge in [0.25, 0.3) is 0 Å². The van der Waals surface area contributed by atoms with Crippen LogP contribution in [0, 0.1) is 0 Å². The molecule has 0 fully saturated rings. The number of alkyl carbamates (subject to hydrolysis) is 1. The van der Waals surface area contributed by atoms with Gasteiger partial charge in [0.05, 0.1) is 6.61 Å². The summed E-state index contributed by atoms with van der Waals surface area (Å²) in [6.45, 7) is 6.19. The fourth-order valence-corrected chi connectivity index (χ4v) is 2.60. The highest BCUT2D eigenvalue weighted by Gasteiger charge is 2.20. The third-order valence-corrected chi connectivity index (χ3v) is 3.44. The predicted octanol–water partition coefficient (Wildman–Crippen LogP) is 2.91. The Kier molecular flexibility index (Phi) is 5.66. The molecule has 1 aliphatic carbocycles. The number of aliphatic hydroxyl groups excluding tert-OH is 1. The van der Waals surface area contributed by atoms with Crippen LogP contribution in [0.5, 0.6) is 5.75 Å². The van der Waals surface area contributed by atoms with Gasteiger partial charge in [-0.15, -0.1) is 0 Å². The number of benzene rings is 1. The quantitative estimate of drug-likeness (QED) is 0.875. The first kappa shape index (κ1) is 17.3. The van der Waals surface area contributed by atoms with Crippen LogP contribution in [0.15, 0.2) is 24.3 Å². The second-order valence-corrected chi connectivity index (χ2v) is 6.47. The zero-order chi connectivity index (χ0) is 16.9. The number of aryl methyl sites for hydroxylation is 1. The van der Waals surface area contributed by atoms with Crippen LogP contribution in [-0.4, -0.2) is 36.6 Å². The lowest BCUT2D eigenvalue weighted by molar-refractivity contribution is 0.0534. The molecule has 2 rings (SSSR count). The number of carbonyl (C=O) groups is 1. The summed E-state index contributed by atoms with van der Waals surface area (Å²) in [5.41, 5.74) is 2.99. The predicted molar refractivity (Wildman–Crippen MR) is 89.6 cm³/mol. The molecule has 0 aliphatic heterocycles. The molecular formula is C18H25NO4. The van der Waals surface area contributed by atoms with Gasteiger partial charge in [0.1, 0.15) is 18.0 Å². The van der Waals surface area contributed by atoms with Crippen LogP contribution in [0.4, 0.5) is 4.79 Å². The fourth-order valence-electron chi connectivity index (χ4n) is 2.60. The third-order valence-electron chi connectivity index (χ3n) is 3.44. The van der Waals surface area contributed by atoms with Crippen molar-refractivity contribution in [2.45, 2.75) is 39.2 Å². The van der Waals surface area contributed by atoms with Crippen molar-refractivity contribution >= 4 is 11.7 Å². The van der Waals surface area contributed by atoms with E-state index in [1.165, 1.54) is 5.56 Å². The standard InChI is InChI=1S/C18H25NO4/c1-18(2,3)23-17(21)19-10-9-14-8-7-13-5-4-6-15(16(13)14)22-12-11-20/h4-6,9,20H,7-8,10-12H2,1-3H3,(H,19,21). The van der Waals surface area contributed by atoms with Crippen LogP contribution in [0.1, 0.15) is 38.3 Å². The Balaban J connectivity index is 2.02. The molecule has 0 bridgehead atoms. The van der Waals surface area contributed by atoms with Crippen molar-refractivity contribution in [1.29, 1.82) is 0 Å². The summed E-state index contributed by atoms with van der Waals surface area (Å²) in [5, 5.41) is 11.7. The summed E-state index contributed by atoms with van der Waals surface area (Å²) >= 11 is 0. The SMILES string of the molecule is CC(C)(C)OC(=O)NCC=C1CCc2cccc(OCCO)c21. The molecule has 0 aromatic heterocycles. The smallest absolute Gasteiger partial charge is 0.407 e. The molecule has 126 valence electrons. The number of nitrogens with one attached hydrogen (secondary N) is 1. The van der Waals surface area contributed by atoms with Crippen LogP contribution in [0.2, 0.25) is 0 Å². The van der Waals surface area contributed by atoms with E-state index in [-0.39, 0.29) is 13.2 Å². The molecule has 5 nitrogen and oxygen atoms in total. The molecule has 0 saturated heterocycles. The maximum Gasteiger partial charge on any atom is 0.407 e. The van der Waals surface area contributed by atoms with Gasteiger partial charge in [-0.25, -0.2) is 4.79 Å². The third kappa shape index (κ3) is 4.99. The zero-order valence-corrected chi connectivity index (χ0v) is 14.0. The highest BCUT2D eigenvalue weighted by molar-refractivity contribution is 5.77. The molecule has 0 saturated carbocycles. The van der Waals surface area contributed by atoms with Crippen LogP contribution in [0.25, 0.3) is 5.57 Å².